The molecular formula is C24H18F3N. The van der Waals surface area contributed by atoms with E-state index < -0.39 is 11.7 Å². The molecule has 1 aliphatic carbocycles. The lowest BCUT2D eigenvalue weighted by molar-refractivity contribution is -0.137. The Morgan fingerprint density at radius 1 is 0.857 bits per heavy atom. The average molecular weight is 377 g/mol. The molecule has 3 aromatic rings. The third-order valence-electron chi connectivity index (χ3n) is 4.94. The first-order valence-corrected chi connectivity index (χ1v) is 9.01. The summed E-state index contributed by atoms with van der Waals surface area (Å²) in [6.45, 7) is 4.04. The number of hydrogen-bond acceptors (Lipinski definition) is 1. The van der Waals surface area contributed by atoms with Gasteiger partial charge in [-0.05, 0) is 35.3 Å². The van der Waals surface area contributed by atoms with Crippen LogP contribution < -0.4 is 0 Å². The van der Waals surface area contributed by atoms with Crippen LogP contribution in [0.25, 0.3) is 5.57 Å². The van der Waals surface area contributed by atoms with Gasteiger partial charge in [-0.1, -0.05) is 73.3 Å². The van der Waals surface area contributed by atoms with E-state index in [0.717, 1.165) is 34.0 Å². The molecule has 0 radical (unpaired) electrons. The lowest BCUT2D eigenvalue weighted by Crippen LogP contribution is -2.08. The third-order valence-corrected chi connectivity index (χ3v) is 4.94. The van der Waals surface area contributed by atoms with Gasteiger partial charge in [0, 0.05) is 11.1 Å². The Bertz CT molecular complexity index is 993. The van der Waals surface area contributed by atoms with E-state index in [1.807, 2.05) is 60.7 Å². The zero-order valence-corrected chi connectivity index (χ0v) is 15.1. The fourth-order valence-electron chi connectivity index (χ4n) is 3.57. The van der Waals surface area contributed by atoms with E-state index in [1.165, 1.54) is 12.1 Å². The number of fused-ring (bicyclic) bond motifs is 1. The third kappa shape index (κ3) is 3.50. The first-order valence-electron chi connectivity index (χ1n) is 9.01. The molecule has 0 amide bonds. The first kappa shape index (κ1) is 18.2. The van der Waals surface area contributed by atoms with Crippen molar-refractivity contribution < 1.29 is 13.2 Å². The number of benzene rings is 3. The summed E-state index contributed by atoms with van der Waals surface area (Å²) in [4.78, 5) is 4.92. The average Bonchev–Trinajstić information content (AvgIpc) is 3.02. The van der Waals surface area contributed by atoms with Crippen LogP contribution in [0.3, 0.4) is 0 Å². The zero-order valence-electron chi connectivity index (χ0n) is 15.1. The fourth-order valence-corrected chi connectivity index (χ4v) is 3.57. The van der Waals surface area contributed by atoms with Crippen LogP contribution in [0.15, 0.2) is 90.4 Å². The van der Waals surface area contributed by atoms with Gasteiger partial charge >= 0.3 is 6.18 Å². The molecular weight excluding hydrogens is 359 g/mol. The molecule has 4 heteroatoms. The van der Waals surface area contributed by atoms with Crippen LogP contribution in [0.5, 0.6) is 0 Å². The van der Waals surface area contributed by atoms with Gasteiger partial charge in [-0.2, -0.15) is 13.2 Å². The van der Waals surface area contributed by atoms with Crippen LogP contribution in [0.2, 0.25) is 0 Å². The van der Waals surface area contributed by atoms with E-state index in [0.29, 0.717) is 12.0 Å². The van der Waals surface area contributed by atoms with Crippen molar-refractivity contribution in [2.24, 2.45) is 4.99 Å². The minimum absolute atomic E-state index is 0.389. The van der Waals surface area contributed by atoms with E-state index in [9.17, 15) is 13.2 Å². The van der Waals surface area contributed by atoms with Gasteiger partial charge in [-0.15, -0.1) is 0 Å². The molecule has 0 spiro atoms. The van der Waals surface area contributed by atoms with Crippen molar-refractivity contribution in [2.75, 3.05) is 0 Å². The quantitative estimate of drug-likeness (QED) is 0.450. The summed E-state index contributed by atoms with van der Waals surface area (Å²) in [5.41, 5.74) is 4.15. The number of hydrogen-bond donors (Lipinski definition) is 0. The summed E-state index contributed by atoms with van der Waals surface area (Å²) in [6, 6.07) is 22.9. The molecule has 0 aliphatic heterocycles. The standard InChI is InChI=1S/C24H18F3N/c1-16-14-22(21-15-19(24(25,26)27)12-13-20(16)21)28-23(17-8-4-2-5-9-17)18-10-6-3-7-11-18/h2-13,15,22H,1,14H2. The second-order valence-electron chi connectivity index (χ2n) is 6.83. The zero-order chi connectivity index (χ0) is 19.7. The minimum atomic E-state index is -4.38. The molecule has 0 saturated heterocycles. The van der Waals surface area contributed by atoms with Crippen LogP contribution in [0, 0.1) is 0 Å². The van der Waals surface area contributed by atoms with Crippen LogP contribution in [-0.2, 0) is 6.18 Å². The lowest BCUT2D eigenvalue weighted by atomic mass is 10.0. The van der Waals surface area contributed by atoms with Gasteiger partial charge in [-0.25, -0.2) is 0 Å². The molecule has 0 saturated carbocycles. The summed E-state index contributed by atoms with van der Waals surface area (Å²) in [5.74, 6) is 0. The summed E-state index contributed by atoms with van der Waals surface area (Å²) in [6.07, 6.45) is -3.87. The molecule has 28 heavy (non-hydrogen) atoms. The SMILES string of the molecule is C=C1CC(N=C(c2ccccc2)c2ccccc2)c2cc(C(F)(F)F)ccc21. The molecule has 0 heterocycles. The molecule has 1 aliphatic rings. The van der Waals surface area contributed by atoms with Crippen molar-refractivity contribution in [2.45, 2.75) is 18.6 Å². The van der Waals surface area contributed by atoms with Crippen molar-refractivity contribution in [3.05, 3.63) is 113 Å². The van der Waals surface area contributed by atoms with Crippen LogP contribution in [-0.4, -0.2) is 5.71 Å². The molecule has 0 bridgehead atoms. The Balaban J connectivity index is 1.84. The number of alkyl halides is 3. The largest absolute Gasteiger partial charge is 0.416 e. The molecule has 3 aromatic carbocycles. The minimum Gasteiger partial charge on any atom is -0.276 e. The molecule has 1 unspecified atom stereocenters. The molecule has 1 nitrogen and oxygen atoms in total. The molecule has 0 aromatic heterocycles. The Kier molecular flexibility index (Phi) is 4.63. The van der Waals surface area contributed by atoms with E-state index in [1.54, 1.807) is 0 Å². The Hall–Kier alpha value is -3.14. The van der Waals surface area contributed by atoms with Crippen LogP contribution in [0.4, 0.5) is 13.2 Å². The van der Waals surface area contributed by atoms with Crippen molar-refractivity contribution in [1.29, 1.82) is 0 Å². The van der Waals surface area contributed by atoms with Gasteiger partial charge < -0.3 is 0 Å². The highest BCUT2D eigenvalue weighted by atomic mass is 19.4. The fraction of sp³-hybridized carbons (Fsp3) is 0.125. The van der Waals surface area contributed by atoms with Gasteiger partial charge in [0.05, 0.1) is 17.3 Å². The first-order chi connectivity index (χ1) is 13.4. The van der Waals surface area contributed by atoms with Crippen molar-refractivity contribution in [3.63, 3.8) is 0 Å². The van der Waals surface area contributed by atoms with E-state index in [2.05, 4.69) is 6.58 Å². The van der Waals surface area contributed by atoms with Crippen molar-refractivity contribution in [1.82, 2.24) is 0 Å². The second kappa shape index (κ2) is 7.12. The maximum absolute atomic E-state index is 13.2. The molecule has 4 rings (SSSR count). The number of aliphatic imine (C=N–C) groups is 1. The second-order valence-corrected chi connectivity index (χ2v) is 6.83. The predicted molar refractivity (Wildman–Crippen MR) is 106 cm³/mol. The highest BCUT2D eigenvalue weighted by Crippen LogP contribution is 2.44. The Morgan fingerprint density at radius 3 is 1.96 bits per heavy atom. The van der Waals surface area contributed by atoms with Crippen LogP contribution in [0.1, 0.15) is 40.3 Å². The van der Waals surface area contributed by atoms with Crippen molar-refractivity contribution in [3.8, 4) is 0 Å². The normalized spacial score (nSPS) is 16.0. The topological polar surface area (TPSA) is 12.4 Å². The number of halogens is 3. The van der Waals surface area contributed by atoms with Gasteiger partial charge in [0.25, 0.3) is 0 Å². The lowest BCUT2D eigenvalue weighted by Gasteiger charge is -2.14. The smallest absolute Gasteiger partial charge is 0.276 e. The predicted octanol–water partition coefficient (Wildman–Crippen LogP) is 6.70. The van der Waals surface area contributed by atoms with Gasteiger partial charge in [0.15, 0.2) is 0 Å². The number of rotatable bonds is 3. The van der Waals surface area contributed by atoms with E-state index in [-0.39, 0.29) is 6.04 Å². The Morgan fingerprint density at radius 2 is 1.43 bits per heavy atom. The molecule has 1 atom stereocenters. The maximum Gasteiger partial charge on any atom is 0.416 e. The summed E-state index contributed by atoms with van der Waals surface area (Å²) < 4.78 is 39.6. The highest BCUT2D eigenvalue weighted by Gasteiger charge is 2.34. The highest BCUT2D eigenvalue weighted by molar-refractivity contribution is 6.13. The van der Waals surface area contributed by atoms with Gasteiger partial charge in [0.2, 0.25) is 0 Å². The van der Waals surface area contributed by atoms with Gasteiger partial charge in [-0.3, -0.25) is 4.99 Å². The number of nitrogens with zero attached hydrogens (tertiary/aromatic N) is 1. The molecule has 0 N–H and O–H groups in total. The molecule has 140 valence electrons. The van der Waals surface area contributed by atoms with Crippen LogP contribution >= 0.6 is 0 Å². The summed E-state index contributed by atoms with van der Waals surface area (Å²) in [5, 5.41) is 0. The van der Waals surface area contributed by atoms with E-state index >= 15 is 0 Å². The Labute approximate surface area is 161 Å². The maximum atomic E-state index is 13.2. The summed E-state index contributed by atoms with van der Waals surface area (Å²) >= 11 is 0. The van der Waals surface area contributed by atoms with Gasteiger partial charge in [0.1, 0.15) is 0 Å². The van der Waals surface area contributed by atoms with Crippen molar-refractivity contribution >= 4 is 11.3 Å². The summed E-state index contributed by atoms with van der Waals surface area (Å²) in [7, 11) is 0. The van der Waals surface area contributed by atoms with E-state index in [4.69, 9.17) is 4.99 Å². The molecule has 0 fully saturated rings. The monoisotopic (exact) mass is 377 g/mol.